The van der Waals surface area contributed by atoms with E-state index in [4.69, 9.17) is 4.42 Å². The Balaban J connectivity index is 1.95. The van der Waals surface area contributed by atoms with E-state index >= 15 is 0 Å². The number of para-hydroxylation sites is 1. The van der Waals surface area contributed by atoms with Crippen LogP contribution in [0, 0.1) is 13.8 Å². The molecule has 19 heavy (non-hydrogen) atoms. The van der Waals surface area contributed by atoms with Crippen molar-refractivity contribution in [2.24, 2.45) is 0 Å². The van der Waals surface area contributed by atoms with Gasteiger partial charge in [0.15, 0.2) is 5.76 Å². The maximum atomic E-state index is 12.1. The summed E-state index contributed by atoms with van der Waals surface area (Å²) in [5.74, 6) is 0.801. The van der Waals surface area contributed by atoms with Crippen molar-refractivity contribution >= 4 is 22.8 Å². The summed E-state index contributed by atoms with van der Waals surface area (Å²) in [6, 6.07) is 7.52. The Kier molecular flexibility index (Phi) is 2.56. The van der Waals surface area contributed by atoms with Crippen LogP contribution in [0.5, 0.6) is 0 Å². The van der Waals surface area contributed by atoms with Gasteiger partial charge < -0.3 is 4.42 Å². The fourth-order valence-electron chi connectivity index (χ4n) is 1.95. The van der Waals surface area contributed by atoms with Crippen molar-refractivity contribution in [3.8, 4) is 0 Å². The first-order chi connectivity index (χ1) is 9.15. The van der Waals surface area contributed by atoms with E-state index in [0.29, 0.717) is 11.4 Å². The number of hydrogen-bond donors (Lipinski definition) is 2. The number of anilines is 1. The second-order valence-corrected chi connectivity index (χ2v) is 4.25. The number of nitrogens with zero attached hydrogens (tertiary/aromatic N) is 2. The van der Waals surface area contributed by atoms with Gasteiger partial charge in [-0.1, -0.05) is 18.2 Å². The van der Waals surface area contributed by atoms with E-state index in [2.05, 4.69) is 20.5 Å². The molecule has 2 N–H and O–H groups in total. The minimum absolute atomic E-state index is 0.238. The van der Waals surface area contributed by atoms with Crippen LogP contribution < -0.4 is 5.32 Å². The van der Waals surface area contributed by atoms with Crippen molar-refractivity contribution in [3.05, 3.63) is 41.4 Å². The molecule has 0 aliphatic carbocycles. The van der Waals surface area contributed by atoms with Crippen molar-refractivity contribution in [1.82, 2.24) is 15.2 Å². The minimum Gasteiger partial charge on any atom is -0.451 e. The first-order valence-corrected chi connectivity index (χ1v) is 5.83. The molecule has 6 heteroatoms. The number of rotatable bonds is 2. The number of carbonyl (C=O) groups is 1. The third kappa shape index (κ3) is 1.97. The summed E-state index contributed by atoms with van der Waals surface area (Å²) in [7, 11) is 0. The lowest BCUT2D eigenvalue weighted by atomic mass is 10.1. The van der Waals surface area contributed by atoms with Gasteiger partial charge in [0.1, 0.15) is 11.4 Å². The van der Waals surface area contributed by atoms with Gasteiger partial charge in [-0.25, -0.2) is 0 Å². The summed E-state index contributed by atoms with van der Waals surface area (Å²) in [6.45, 7) is 3.61. The number of aromatic amines is 1. The number of amides is 1. The van der Waals surface area contributed by atoms with Gasteiger partial charge in [-0.3, -0.25) is 15.2 Å². The summed E-state index contributed by atoms with van der Waals surface area (Å²) in [4.78, 5) is 16.1. The van der Waals surface area contributed by atoms with Gasteiger partial charge in [0, 0.05) is 10.9 Å². The average molecular weight is 256 g/mol. The Hall–Kier alpha value is -2.63. The molecular formula is C13H12N4O2. The molecule has 0 radical (unpaired) electrons. The Labute approximate surface area is 108 Å². The van der Waals surface area contributed by atoms with Gasteiger partial charge in [-0.05, 0) is 19.9 Å². The fraction of sp³-hybridized carbons (Fsp3) is 0.154. The number of carbonyl (C=O) groups excluding carboxylic acids is 1. The molecule has 1 amide bonds. The molecule has 0 saturated heterocycles. The van der Waals surface area contributed by atoms with Crippen molar-refractivity contribution in [3.63, 3.8) is 0 Å². The highest BCUT2D eigenvalue weighted by atomic mass is 16.3. The molecule has 0 bridgehead atoms. The van der Waals surface area contributed by atoms with Crippen molar-refractivity contribution in [2.45, 2.75) is 13.8 Å². The summed E-state index contributed by atoms with van der Waals surface area (Å²) < 4.78 is 5.56. The predicted octanol–water partition coefficient (Wildman–Crippen LogP) is 2.42. The lowest BCUT2D eigenvalue weighted by Gasteiger charge is -1.97. The van der Waals surface area contributed by atoms with Crippen LogP contribution in [0.2, 0.25) is 0 Å². The molecule has 2 aromatic heterocycles. The lowest BCUT2D eigenvalue weighted by molar-refractivity contribution is 0.0997. The Morgan fingerprint density at radius 1 is 1.32 bits per heavy atom. The first kappa shape index (κ1) is 11.5. The highest BCUT2D eigenvalue weighted by Gasteiger charge is 2.18. The van der Waals surface area contributed by atoms with Crippen LogP contribution in [-0.2, 0) is 0 Å². The van der Waals surface area contributed by atoms with Crippen LogP contribution in [0.3, 0.4) is 0 Å². The van der Waals surface area contributed by atoms with E-state index in [1.165, 1.54) is 0 Å². The fourth-order valence-corrected chi connectivity index (χ4v) is 1.95. The topological polar surface area (TPSA) is 83.8 Å². The number of furan rings is 1. The van der Waals surface area contributed by atoms with E-state index in [-0.39, 0.29) is 17.6 Å². The number of nitrogens with one attached hydrogen (secondary N) is 2. The van der Waals surface area contributed by atoms with E-state index < -0.39 is 0 Å². The Bertz CT molecular complexity index is 757. The summed E-state index contributed by atoms with van der Waals surface area (Å²) in [5.41, 5.74) is 1.50. The SMILES string of the molecule is Cc1nc(NC(=O)c2oc3ccccc3c2C)n[nH]1. The summed E-state index contributed by atoms with van der Waals surface area (Å²) in [6.07, 6.45) is 0. The van der Waals surface area contributed by atoms with Crippen LogP contribution in [0.1, 0.15) is 21.9 Å². The molecule has 0 saturated carbocycles. The van der Waals surface area contributed by atoms with E-state index in [1.54, 1.807) is 6.92 Å². The number of fused-ring (bicyclic) bond motifs is 1. The molecule has 0 atom stereocenters. The number of benzene rings is 1. The average Bonchev–Trinajstić information content (AvgIpc) is 2.94. The molecule has 3 rings (SSSR count). The third-order valence-corrected chi connectivity index (χ3v) is 2.87. The normalized spacial score (nSPS) is 10.8. The molecule has 0 aliphatic rings. The molecule has 6 nitrogen and oxygen atoms in total. The van der Waals surface area contributed by atoms with Crippen LogP contribution >= 0.6 is 0 Å². The van der Waals surface area contributed by atoms with Crippen LogP contribution in [0.4, 0.5) is 5.95 Å². The number of H-pyrrole nitrogens is 1. The first-order valence-electron chi connectivity index (χ1n) is 5.83. The molecule has 3 aromatic rings. The Morgan fingerprint density at radius 3 is 2.79 bits per heavy atom. The van der Waals surface area contributed by atoms with Crippen LogP contribution in [0.15, 0.2) is 28.7 Å². The van der Waals surface area contributed by atoms with E-state index in [9.17, 15) is 4.79 Å². The lowest BCUT2D eigenvalue weighted by Crippen LogP contribution is -2.13. The standard InChI is InChI=1S/C13H12N4O2/c1-7-9-5-3-4-6-10(9)19-11(7)12(18)15-13-14-8(2)16-17-13/h3-6H,1-2H3,(H2,14,15,16,17,18). The zero-order valence-electron chi connectivity index (χ0n) is 10.5. The largest absolute Gasteiger partial charge is 0.451 e. The maximum Gasteiger partial charge on any atom is 0.294 e. The van der Waals surface area contributed by atoms with Gasteiger partial charge in [0.2, 0.25) is 5.95 Å². The van der Waals surface area contributed by atoms with Gasteiger partial charge in [-0.2, -0.15) is 4.98 Å². The number of hydrogen-bond acceptors (Lipinski definition) is 4. The zero-order valence-corrected chi connectivity index (χ0v) is 10.5. The Morgan fingerprint density at radius 2 is 2.11 bits per heavy atom. The van der Waals surface area contributed by atoms with Gasteiger partial charge >= 0.3 is 0 Å². The second-order valence-electron chi connectivity index (χ2n) is 4.25. The molecule has 0 spiro atoms. The predicted molar refractivity (Wildman–Crippen MR) is 70.0 cm³/mol. The van der Waals surface area contributed by atoms with Gasteiger partial charge in [0.05, 0.1) is 0 Å². The van der Waals surface area contributed by atoms with Crippen LogP contribution in [-0.4, -0.2) is 21.1 Å². The maximum absolute atomic E-state index is 12.1. The molecular weight excluding hydrogens is 244 g/mol. The summed E-state index contributed by atoms with van der Waals surface area (Å²) in [5, 5.41) is 10.0. The molecule has 1 aromatic carbocycles. The molecule has 2 heterocycles. The highest BCUT2D eigenvalue weighted by molar-refractivity contribution is 6.05. The van der Waals surface area contributed by atoms with Crippen molar-refractivity contribution in [2.75, 3.05) is 5.32 Å². The molecule has 96 valence electrons. The van der Waals surface area contributed by atoms with Crippen LogP contribution in [0.25, 0.3) is 11.0 Å². The summed E-state index contributed by atoms with van der Waals surface area (Å²) >= 11 is 0. The minimum atomic E-state index is -0.354. The molecule has 0 fully saturated rings. The quantitative estimate of drug-likeness (QED) is 0.737. The smallest absolute Gasteiger partial charge is 0.294 e. The van der Waals surface area contributed by atoms with E-state index in [1.807, 2.05) is 31.2 Å². The van der Waals surface area contributed by atoms with Crippen molar-refractivity contribution < 1.29 is 9.21 Å². The highest BCUT2D eigenvalue weighted by Crippen LogP contribution is 2.25. The zero-order chi connectivity index (χ0) is 13.4. The van der Waals surface area contributed by atoms with Gasteiger partial charge in [-0.15, -0.1) is 5.10 Å². The third-order valence-electron chi connectivity index (χ3n) is 2.87. The number of aryl methyl sites for hydroxylation is 2. The second kappa shape index (κ2) is 4.24. The van der Waals surface area contributed by atoms with E-state index in [0.717, 1.165) is 10.9 Å². The van der Waals surface area contributed by atoms with Gasteiger partial charge in [0.25, 0.3) is 5.91 Å². The molecule has 0 unspecified atom stereocenters. The van der Waals surface area contributed by atoms with Crippen molar-refractivity contribution in [1.29, 1.82) is 0 Å². The monoisotopic (exact) mass is 256 g/mol. The number of aromatic nitrogens is 3. The molecule has 0 aliphatic heterocycles.